The van der Waals surface area contributed by atoms with Crippen LogP contribution in [0.15, 0.2) is 78.4 Å². The molecule has 3 aliphatic rings. The summed E-state index contributed by atoms with van der Waals surface area (Å²) in [7, 11) is 1.87. The van der Waals surface area contributed by atoms with E-state index in [1.54, 1.807) is 6.92 Å². The number of piperidine rings is 1. The molecule has 0 aromatic heterocycles. The molecule has 40 heavy (non-hydrogen) atoms. The normalized spacial score (nSPS) is 22.9. The highest BCUT2D eigenvalue weighted by Crippen LogP contribution is 2.43. The summed E-state index contributed by atoms with van der Waals surface area (Å²) in [5.74, 6) is 0.321. The van der Waals surface area contributed by atoms with E-state index in [9.17, 15) is 9.59 Å². The zero-order valence-corrected chi connectivity index (χ0v) is 25.0. The Morgan fingerprint density at radius 3 is 2.40 bits per heavy atom. The number of halogens is 2. The second-order valence-corrected chi connectivity index (χ2v) is 12.4. The number of allylic oxidation sites excluding steroid dienone is 3. The van der Waals surface area contributed by atoms with Crippen molar-refractivity contribution in [2.75, 3.05) is 39.8 Å². The van der Waals surface area contributed by atoms with Gasteiger partial charge in [-0.3, -0.25) is 9.59 Å². The van der Waals surface area contributed by atoms with Crippen LogP contribution in [0.3, 0.4) is 0 Å². The van der Waals surface area contributed by atoms with Gasteiger partial charge in [0.1, 0.15) is 0 Å². The van der Waals surface area contributed by atoms with E-state index < -0.39 is 0 Å². The summed E-state index contributed by atoms with van der Waals surface area (Å²) in [4.78, 5) is 32.3. The first kappa shape index (κ1) is 28.9. The molecule has 2 aromatic carbocycles. The first-order valence-electron chi connectivity index (χ1n) is 14.4. The van der Waals surface area contributed by atoms with Crippen molar-refractivity contribution in [1.29, 1.82) is 0 Å². The zero-order chi connectivity index (χ0) is 28.3. The Hall–Kier alpha value is -2.60. The van der Waals surface area contributed by atoms with Crippen molar-refractivity contribution in [3.8, 4) is 0 Å². The highest BCUT2D eigenvalue weighted by molar-refractivity contribution is 6.31. The van der Waals surface area contributed by atoms with Crippen LogP contribution < -0.4 is 0 Å². The van der Waals surface area contributed by atoms with Crippen molar-refractivity contribution in [1.82, 2.24) is 14.7 Å². The molecule has 1 saturated heterocycles. The predicted molar refractivity (Wildman–Crippen MR) is 163 cm³/mol. The Morgan fingerprint density at radius 2 is 1.70 bits per heavy atom. The van der Waals surface area contributed by atoms with Crippen molar-refractivity contribution >= 4 is 35.0 Å². The number of carbonyl (C=O) groups excluding carboxylic acids is 2. The van der Waals surface area contributed by atoms with Gasteiger partial charge in [0, 0.05) is 51.6 Å². The maximum Gasteiger partial charge on any atom is 0.253 e. The van der Waals surface area contributed by atoms with Gasteiger partial charge in [-0.15, -0.1) is 23.2 Å². The zero-order valence-electron chi connectivity index (χ0n) is 23.4. The third kappa shape index (κ3) is 6.02. The molecule has 2 aliphatic heterocycles. The number of amides is 2. The molecule has 0 bridgehead atoms. The fraction of sp³-hybridized carbons (Fsp3) is 0.455. The summed E-state index contributed by atoms with van der Waals surface area (Å²) in [6.07, 6.45) is 9.78. The minimum Gasteiger partial charge on any atom is -0.341 e. The number of carbonyl (C=O) groups is 2. The Balaban J connectivity index is 1.28. The van der Waals surface area contributed by atoms with Crippen LogP contribution in [-0.4, -0.2) is 77.0 Å². The number of alkyl halides is 2. The van der Waals surface area contributed by atoms with E-state index in [1.807, 2.05) is 48.4 Å². The van der Waals surface area contributed by atoms with E-state index in [2.05, 4.69) is 46.2 Å². The van der Waals surface area contributed by atoms with Gasteiger partial charge >= 0.3 is 0 Å². The van der Waals surface area contributed by atoms with E-state index >= 15 is 0 Å². The standard InChI is InChI=1S/C33H39Cl2N3O2/c1-24(39)38-19-15-25-8-6-7-11-29(25)33(38)16-20-37(21-17-33)18-14-28(27-12-13-30(34)31(35)22-27)23-36(2)32(40)26-9-4-3-5-10-26/h3-13,22,28,30-31H,14-21,23H2,1-2H3. The minimum absolute atomic E-state index is 0.0174. The summed E-state index contributed by atoms with van der Waals surface area (Å²) in [6, 6.07) is 18.1. The maximum atomic E-state index is 13.1. The summed E-state index contributed by atoms with van der Waals surface area (Å²) in [6.45, 7) is 5.88. The Bertz CT molecular complexity index is 1270. The van der Waals surface area contributed by atoms with Crippen LogP contribution in [0.2, 0.25) is 0 Å². The highest BCUT2D eigenvalue weighted by atomic mass is 35.5. The molecule has 2 aromatic rings. The lowest BCUT2D eigenvalue weighted by Gasteiger charge is -2.52. The number of hydrogen-bond donors (Lipinski definition) is 0. The second kappa shape index (κ2) is 12.5. The van der Waals surface area contributed by atoms with Crippen molar-refractivity contribution in [3.05, 3.63) is 95.1 Å². The Morgan fingerprint density at radius 1 is 1.00 bits per heavy atom. The number of nitrogens with zero attached hydrogens (tertiary/aromatic N) is 3. The van der Waals surface area contributed by atoms with E-state index in [4.69, 9.17) is 23.2 Å². The monoisotopic (exact) mass is 579 g/mol. The van der Waals surface area contributed by atoms with Gasteiger partial charge in [0.15, 0.2) is 0 Å². The molecule has 0 saturated carbocycles. The molecular weight excluding hydrogens is 541 g/mol. The minimum atomic E-state index is -0.266. The third-order valence-corrected chi connectivity index (χ3v) is 9.90. The highest BCUT2D eigenvalue weighted by Gasteiger charge is 2.45. The van der Waals surface area contributed by atoms with Crippen molar-refractivity contribution in [3.63, 3.8) is 0 Å². The summed E-state index contributed by atoms with van der Waals surface area (Å²) in [5.41, 5.74) is 4.33. The van der Waals surface area contributed by atoms with Gasteiger partial charge in [0.2, 0.25) is 5.91 Å². The fourth-order valence-electron chi connectivity index (χ4n) is 6.76. The molecule has 5 rings (SSSR count). The molecule has 0 radical (unpaired) electrons. The Kier molecular flexibility index (Phi) is 9.04. The van der Waals surface area contributed by atoms with Crippen LogP contribution in [0.4, 0.5) is 0 Å². The quantitative estimate of drug-likeness (QED) is 0.385. The van der Waals surface area contributed by atoms with Gasteiger partial charge in [0.25, 0.3) is 5.91 Å². The van der Waals surface area contributed by atoms with Crippen LogP contribution in [-0.2, 0) is 16.8 Å². The van der Waals surface area contributed by atoms with Gasteiger partial charge in [0.05, 0.1) is 16.3 Å². The van der Waals surface area contributed by atoms with Gasteiger partial charge in [-0.1, -0.05) is 60.7 Å². The van der Waals surface area contributed by atoms with Crippen LogP contribution in [0, 0.1) is 5.92 Å². The van der Waals surface area contributed by atoms with E-state index in [1.165, 1.54) is 11.1 Å². The average molecular weight is 581 g/mol. The Labute approximate surface area is 248 Å². The topological polar surface area (TPSA) is 43.9 Å². The number of hydrogen-bond acceptors (Lipinski definition) is 3. The molecule has 1 spiro atoms. The van der Waals surface area contributed by atoms with Crippen molar-refractivity contribution in [2.45, 2.75) is 48.9 Å². The summed E-state index contributed by atoms with van der Waals surface area (Å²) in [5, 5.41) is -0.492. The maximum absolute atomic E-state index is 13.1. The molecule has 2 amide bonds. The van der Waals surface area contributed by atoms with Crippen molar-refractivity contribution in [2.24, 2.45) is 5.92 Å². The van der Waals surface area contributed by atoms with Crippen LogP contribution in [0.25, 0.3) is 0 Å². The molecular formula is C33H39Cl2N3O2. The largest absolute Gasteiger partial charge is 0.341 e. The fourth-order valence-corrected chi connectivity index (χ4v) is 7.13. The molecule has 2 heterocycles. The molecule has 1 aliphatic carbocycles. The van der Waals surface area contributed by atoms with E-state index in [0.29, 0.717) is 12.1 Å². The number of fused-ring (bicyclic) bond motifs is 2. The molecule has 3 atom stereocenters. The van der Waals surface area contributed by atoms with Crippen molar-refractivity contribution < 1.29 is 9.59 Å². The molecule has 3 unspecified atom stereocenters. The molecule has 5 nitrogen and oxygen atoms in total. The third-order valence-electron chi connectivity index (χ3n) is 8.96. The average Bonchev–Trinajstić information content (AvgIpc) is 2.97. The van der Waals surface area contributed by atoms with E-state index in [-0.39, 0.29) is 34.0 Å². The van der Waals surface area contributed by atoms with Gasteiger partial charge in [-0.25, -0.2) is 0 Å². The van der Waals surface area contributed by atoms with Gasteiger partial charge in [-0.05, 0) is 61.1 Å². The molecule has 1 fully saturated rings. The van der Waals surface area contributed by atoms with Gasteiger partial charge < -0.3 is 14.7 Å². The lowest BCUT2D eigenvalue weighted by Crippen LogP contribution is -2.57. The van der Waals surface area contributed by atoms with Crippen LogP contribution in [0.1, 0.15) is 47.7 Å². The lowest BCUT2D eigenvalue weighted by atomic mass is 9.74. The van der Waals surface area contributed by atoms with Crippen LogP contribution in [0.5, 0.6) is 0 Å². The second-order valence-electron chi connectivity index (χ2n) is 11.4. The lowest BCUT2D eigenvalue weighted by molar-refractivity contribution is -0.139. The smallest absolute Gasteiger partial charge is 0.253 e. The number of benzene rings is 2. The molecule has 0 N–H and O–H groups in total. The predicted octanol–water partition coefficient (Wildman–Crippen LogP) is 5.87. The van der Waals surface area contributed by atoms with Crippen LogP contribution >= 0.6 is 23.2 Å². The molecule has 7 heteroatoms. The molecule has 212 valence electrons. The summed E-state index contributed by atoms with van der Waals surface area (Å²) >= 11 is 12.9. The first-order chi connectivity index (χ1) is 19.3. The first-order valence-corrected chi connectivity index (χ1v) is 15.2. The summed E-state index contributed by atoms with van der Waals surface area (Å²) < 4.78 is 0. The number of rotatable bonds is 7. The number of likely N-dealkylation sites (tertiary alicyclic amines) is 1. The SMILES string of the molecule is CC(=O)N1CCc2ccccc2C12CCN(CCC(CN(C)C(=O)c1ccccc1)C1=CC(Cl)C(Cl)C=C1)CC2. The van der Waals surface area contributed by atoms with E-state index in [0.717, 1.165) is 57.4 Å². The van der Waals surface area contributed by atoms with Gasteiger partial charge in [-0.2, -0.15) is 0 Å².